The van der Waals surface area contributed by atoms with Crippen molar-refractivity contribution in [3.8, 4) is 0 Å². The fourth-order valence-electron chi connectivity index (χ4n) is 3.04. The van der Waals surface area contributed by atoms with Gasteiger partial charge in [-0.25, -0.2) is 0 Å². The van der Waals surface area contributed by atoms with Crippen LogP contribution in [0.2, 0.25) is 0 Å². The molecule has 29 heavy (non-hydrogen) atoms. The second kappa shape index (κ2) is 10.0. The zero-order valence-corrected chi connectivity index (χ0v) is 17.4. The van der Waals surface area contributed by atoms with E-state index in [0.717, 1.165) is 17.5 Å². The minimum atomic E-state index is -0.424. The normalized spacial score (nSPS) is 10.7. The summed E-state index contributed by atoms with van der Waals surface area (Å²) in [6.07, 6.45) is 3.41. The fraction of sp³-hybridized carbons (Fsp3) is 0.273. The van der Waals surface area contributed by atoms with Crippen LogP contribution in [0.3, 0.4) is 0 Å². The number of thiocarbonyl (C=S) groups is 1. The molecule has 0 spiro atoms. The molecular formula is C22H25N3O3S. The van der Waals surface area contributed by atoms with Gasteiger partial charge in [0.2, 0.25) is 0 Å². The number of unbranched alkanes of at least 4 members (excludes halogenated alkanes) is 1. The Bertz CT molecular complexity index is 983. The molecule has 0 radical (unpaired) electrons. The molecule has 3 N–H and O–H groups in total. The Hall–Kier alpha value is -2.90. The molecule has 6 nitrogen and oxygen atoms in total. The van der Waals surface area contributed by atoms with Crippen molar-refractivity contribution < 1.29 is 13.9 Å². The standard InChI is InChI=1S/C22H25N3O3S/c1-3-4-7-15-10-12-16(13-11-15)23-22(29)25-24-21(26)20-18(14-27-2)17-8-5-6-9-19(17)28-20/h5-6,8-13H,3-4,7,14H2,1-2H3,(H,24,26)(H2,23,25,29). The van der Waals surface area contributed by atoms with E-state index in [2.05, 4.69) is 35.2 Å². The smallest absolute Gasteiger partial charge is 0.305 e. The summed E-state index contributed by atoms with van der Waals surface area (Å²) in [7, 11) is 1.58. The average Bonchev–Trinajstić information content (AvgIpc) is 3.10. The Morgan fingerprint density at radius 3 is 2.59 bits per heavy atom. The van der Waals surface area contributed by atoms with Crippen molar-refractivity contribution in [1.82, 2.24) is 10.9 Å². The minimum absolute atomic E-state index is 0.198. The third kappa shape index (κ3) is 5.34. The number of amides is 1. The van der Waals surface area contributed by atoms with Crippen LogP contribution < -0.4 is 16.2 Å². The van der Waals surface area contributed by atoms with Crippen molar-refractivity contribution in [2.45, 2.75) is 32.8 Å². The number of para-hydroxylation sites is 1. The summed E-state index contributed by atoms with van der Waals surface area (Å²) in [5.41, 5.74) is 8.76. The van der Waals surface area contributed by atoms with E-state index in [-0.39, 0.29) is 17.5 Å². The third-order valence-corrected chi connectivity index (χ3v) is 4.72. The number of hydrazine groups is 1. The van der Waals surface area contributed by atoms with E-state index in [4.69, 9.17) is 21.4 Å². The third-order valence-electron chi connectivity index (χ3n) is 4.51. The van der Waals surface area contributed by atoms with Gasteiger partial charge in [-0.3, -0.25) is 15.6 Å². The molecule has 0 fully saturated rings. The first-order valence-electron chi connectivity index (χ1n) is 9.58. The zero-order valence-electron chi connectivity index (χ0n) is 16.6. The summed E-state index contributed by atoms with van der Waals surface area (Å²) in [6, 6.07) is 15.5. The number of ether oxygens (including phenoxy) is 1. The number of anilines is 1. The summed E-state index contributed by atoms with van der Waals surface area (Å²) >= 11 is 5.26. The number of furan rings is 1. The lowest BCUT2D eigenvalue weighted by molar-refractivity contribution is 0.0912. The number of carbonyl (C=O) groups excluding carboxylic acids is 1. The van der Waals surface area contributed by atoms with Crippen LogP contribution in [0.4, 0.5) is 5.69 Å². The number of carbonyl (C=O) groups is 1. The van der Waals surface area contributed by atoms with E-state index < -0.39 is 5.91 Å². The Morgan fingerprint density at radius 2 is 1.86 bits per heavy atom. The SMILES string of the molecule is CCCCc1ccc(NC(=S)NNC(=O)c2oc3ccccc3c2COC)cc1. The van der Waals surface area contributed by atoms with Gasteiger partial charge in [0, 0.05) is 23.7 Å². The van der Waals surface area contributed by atoms with Gasteiger partial charge in [0.05, 0.1) is 6.61 Å². The van der Waals surface area contributed by atoms with Crippen molar-refractivity contribution >= 4 is 39.9 Å². The summed E-state index contributed by atoms with van der Waals surface area (Å²) in [5.74, 6) is -0.226. The summed E-state index contributed by atoms with van der Waals surface area (Å²) < 4.78 is 10.9. The quantitative estimate of drug-likeness (QED) is 0.391. The first-order chi connectivity index (χ1) is 14.1. The van der Waals surface area contributed by atoms with Crippen LogP contribution in [0.15, 0.2) is 52.9 Å². The molecule has 0 saturated heterocycles. The second-order valence-electron chi connectivity index (χ2n) is 6.67. The van der Waals surface area contributed by atoms with Gasteiger partial charge in [-0.05, 0) is 48.8 Å². The van der Waals surface area contributed by atoms with Gasteiger partial charge in [0.15, 0.2) is 10.9 Å². The minimum Gasteiger partial charge on any atom is -0.450 e. The van der Waals surface area contributed by atoms with Gasteiger partial charge >= 0.3 is 5.91 Å². The number of hydrogen-bond acceptors (Lipinski definition) is 4. The fourth-order valence-corrected chi connectivity index (χ4v) is 3.21. The molecule has 0 aliphatic carbocycles. The maximum atomic E-state index is 12.6. The molecule has 0 unspecified atom stereocenters. The second-order valence-corrected chi connectivity index (χ2v) is 7.08. The molecule has 0 bridgehead atoms. The van der Waals surface area contributed by atoms with Crippen molar-refractivity contribution in [2.24, 2.45) is 0 Å². The highest BCUT2D eigenvalue weighted by molar-refractivity contribution is 7.80. The van der Waals surface area contributed by atoms with E-state index in [0.29, 0.717) is 11.1 Å². The van der Waals surface area contributed by atoms with E-state index in [9.17, 15) is 4.79 Å². The van der Waals surface area contributed by atoms with Crippen LogP contribution in [-0.2, 0) is 17.8 Å². The first-order valence-corrected chi connectivity index (χ1v) is 9.98. The number of fused-ring (bicyclic) bond motifs is 1. The van der Waals surface area contributed by atoms with Gasteiger partial charge < -0.3 is 14.5 Å². The monoisotopic (exact) mass is 411 g/mol. The zero-order chi connectivity index (χ0) is 20.6. The molecule has 0 aliphatic rings. The first kappa shape index (κ1) is 20.8. The van der Waals surface area contributed by atoms with Crippen LogP contribution in [0.1, 0.15) is 41.4 Å². The number of benzene rings is 2. The van der Waals surface area contributed by atoms with Crippen LogP contribution in [0.5, 0.6) is 0 Å². The van der Waals surface area contributed by atoms with Gasteiger partial charge in [0.25, 0.3) is 0 Å². The maximum Gasteiger partial charge on any atom is 0.305 e. The Morgan fingerprint density at radius 1 is 1.10 bits per heavy atom. The number of hydrogen-bond donors (Lipinski definition) is 3. The van der Waals surface area contributed by atoms with E-state index in [1.165, 1.54) is 18.4 Å². The molecule has 0 saturated carbocycles. The largest absolute Gasteiger partial charge is 0.450 e. The Balaban J connectivity index is 1.59. The number of aryl methyl sites for hydroxylation is 1. The molecule has 3 aromatic rings. The van der Waals surface area contributed by atoms with E-state index in [1.54, 1.807) is 7.11 Å². The Kier molecular flexibility index (Phi) is 7.21. The van der Waals surface area contributed by atoms with E-state index >= 15 is 0 Å². The number of rotatable bonds is 7. The van der Waals surface area contributed by atoms with Gasteiger partial charge in [-0.1, -0.05) is 43.7 Å². The van der Waals surface area contributed by atoms with Gasteiger partial charge in [0.1, 0.15) is 5.58 Å². The van der Waals surface area contributed by atoms with Crippen molar-refractivity contribution in [3.05, 3.63) is 65.4 Å². The maximum absolute atomic E-state index is 12.6. The molecule has 2 aromatic carbocycles. The highest BCUT2D eigenvalue weighted by Crippen LogP contribution is 2.26. The average molecular weight is 412 g/mol. The Labute approximate surface area is 175 Å². The molecule has 1 aromatic heterocycles. The van der Waals surface area contributed by atoms with Crippen molar-refractivity contribution in [2.75, 3.05) is 12.4 Å². The summed E-state index contributed by atoms with van der Waals surface area (Å²) in [5, 5.41) is 4.18. The summed E-state index contributed by atoms with van der Waals surface area (Å²) in [4.78, 5) is 12.6. The lowest BCUT2D eigenvalue weighted by atomic mass is 10.1. The molecule has 7 heteroatoms. The van der Waals surface area contributed by atoms with Crippen LogP contribution in [-0.4, -0.2) is 18.1 Å². The predicted molar refractivity (Wildman–Crippen MR) is 119 cm³/mol. The molecule has 3 rings (SSSR count). The van der Waals surface area contributed by atoms with Crippen molar-refractivity contribution in [1.29, 1.82) is 0 Å². The molecule has 1 heterocycles. The molecular weight excluding hydrogens is 386 g/mol. The number of methoxy groups -OCH3 is 1. The molecule has 0 aliphatic heterocycles. The lowest BCUT2D eigenvalue weighted by Crippen LogP contribution is -2.43. The van der Waals surface area contributed by atoms with Crippen LogP contribution in [0.25, 0.3) is 11.0 Å². The topological polar surface area (TPSA) is 75.5 Å². The molecule has 1 amide bonds. The predicted octanol–water partition coefficient (Wildman–Crippen LogP) is 4.55. The number of nitrogens with one attached hydrogen (secondary N) is 3. The lowest BCUT2D eigenvalue weighted by Gasteiger charge is -2.12. The molecule has 152 valence electrons. The van der Waals surface area contributed by atoms with Gasteiger partial charge in [-0.15, -0.1) is 0 Å². The van der Waals surface area contributed by atoms with Crippen LogP contribution in [0, 0.1) is 0 Å². The highest BCUT2D eigenvalue weighted by atomic mass is 32.1. The molecule has 0 atom stereocenters. The van der Waals surface area contributed by atoms with Crippen LogP contribution >= 0.6 is 12.2 Å². The van der Waals surface area contributed by atoms with Gasteiger partial charge in [-0.2, -0.15) is 0 Å². The summed E-state index contributed by atoms with van der Waals surface area (Å²) in [6.45, 7) is 2.45. The van der Waals surface area contributed by atoms with Crippen molar-refractivity contribution in [3.63, 3.8) is 0 Å². The highest BCUT2D eigenvalue weighted by Gasteiger charge is 2.20. The van der Waals surface area contributed by atoms with E-state index in [1.807, 2.05) is 36.4 Å².